The molecule has 2 amide bonds. The summed E-state index contributed by atoms with van der Waals surface area (Å²) in [4.78, 5) is 23.3. The molecule has 0 aliphatic carbocycles. The van der Waals surface area contributed by atoms with Gasteiger partial charge in [-0.2, -0.15) is 0 Å². The Labute approximate surface area is 148 Å². The highest BCUT2D eigenvalue weighted by Gasteiger charge is 2.02. The molecule has 0 atom stereocenters. The van der Waals surface area contributed by atoms with Crippen LogP contribution in [0, 0.1) is 0 Å². The number of carbonyl (C=O) groups excluding carboxylic acids is 2. The monoisotopic (exact) mass is 388 g/mol. The second-order valence-electron chi connectivity index (χ2n) is 4.94. The summed E-state index contributed by atoms with van der Waals surface area (Å²) in [7, 11) is 1.46. The van der Waals surface area contributed by atoms with Crippen LogP contribution in [0.1, 0.15) is 5.56 Å². The zero-order chi connectivity index (χ0) is 17.4. The Hall–Kier alpha value is -2.44. The molecule has 0 saturated heterocycles. The maximum atomic E-state index is 11.9. The van der Waals surface area contributed by atoms with E-state index in [0.29, 0.717) is 11.4 Å². The lowest BCUT2D eigenvalue weighted by Crippen LogP contribution is -2.17. The molecule has 2 rings (SSSR count). The maximum Gasteiger partial charge on any atom is 0.250 e. The number of hydrogen-bond acceptors (Lipinski definition) is 3. The fourth-order valence-electron chi connectivity index (χ4n) is 1.93. The summed E-state index contributed by atoms with van der Waals surface area (Å²) in [6.07, 6.45) is 3.20. The van der Waals surface area contributed by atoms with E-state index < -0.39 is 0 Å². The van der Waals surface area contributed by atoms with Crippen LogP contribution in [0.5, 0.6) is 0 Å². The van der Waals surface area contributed by atoms with E-state index in [4.69, 9.17) is 4.74 Å². The van der Waals surface area contributed by atoms with E-state index in [2.05, 4.69) is 26.6 Å². The van der Waals surface area contributed by atoms with E-state index in [-0.39, 0.29) is 18.4 Å². The summed E-state index contributed by atoms with van der Waals surface area (Å²) in [6.45, 7) is -0.00111. The van der Waals surface area contributed by atoms with Crippen LogP contribution in [0.3, 0.4) is 0 Å². The smallest absolute Gasteiger partial charge is 0.250 e. The number of ether oxygens (including phenoxy) is 1. The van der Waals surface area contributed by atoms with Crippen LogP contribution in [0.4, 0.5) is 11.4 Å². The molecular weight excluding hydrogens is 372 g/mol. The van der Waals surface area contributed by atoms with Crippen molar-refractivity contribution in [3.8, 4) is 0 Å². The third kappa shape index (κ3) is 5.98. The minimum atomic E-state index is -0.230. The Kier molecular flexibility index (Phi) is 6.72. The summed E-state index contributed by atoms with van der Waals surface area (Å²) in [5.41, 5.74) is 2.21. The number of methoxy groups -OCH3 is 1. The average molecular weight is 389 g/mol. The third-order valence-electron chi connectivity index (χ3n) is 2.99. The fraction of sp³-hybridized carbons (Fsp3) is 0.111. The quantitative estimate of drug-likeness (QED) is 0.741. The number of anilines is 2. The molecule has 2 N–H and O–H groups in total. The van der Waals surface area contributed by atoms with Crippen molar-refractivity contribution in [3.63, 3.8) is 0 Å². The van der Waals surface area contributed by atoms with Gasteiger partial charge in [-0.3, -0.25) is 9.59 Å². The number of benzene rings is 2. The first-order valence-electron chi connectivity index (χ1n) is 7.20. The van der Waals surface area contributed by atoms with Crippen molar-refractivity contribution in [2.75, 3.05) is 24.4 Å². The predicted molar refractivity (Wildman–Crippen MR) is 98.8 cm³/mol. The number of halogens is 1. The molecule has 0 saturated carbocycles. The second kappa shape index (κ2) is 9.00. The van der Waals surface area contributed by atoms with Crippen molar-refractivity contribution in [1.82, 2.24) is 0 Å². The highest BCUT2D eigenvalue weighted by molar-refractivity contribution is 9.10. The van der Waals surface area contributed by atoms with Gasteiger partial charge in [-0.25, -0.2) is 0 Å². The highest BCUT2D eigenvalue weighted by atomic mass is 79.9. The molecule has 0 heterocycles. The zero-order valence-electron chi connectivity index (χ0n) is 13.1. The molecule has 0 aliphatic rings. The largest absolute Gasteiger partial charge is 0.375 e. The predicted octanol–water partition coefficient (Wildman–Crippen LogP) is 3.69. The lowest BCUT2D eigenvalue weighted by Gasteiger charge is -2.06. The van der Waals surface area contributed by atoms with Gasteiger partial charge in [0.1, 0.15) is 6.61 Å². The molecule has 0 aromatic heterocycles. The molecule has 2 aromatic rings. The molecule has 5 nitrogen and oxygen atoms in total. The molecular formula is C18H17BrN2O3. The topological polar surface area (TPSA) is 67.4 Å². The molecule has 0 unspecified atom stereocenters. The molecule has 0 bridgehead atoms. The summed E-state index contributed by atoms with van der Waals surface area (Å²) in [6, 6.07) is 14.5. The Balaban J connectivity index is 1.91. The minimum Gasteiger partial charge on any atom is -0.375 e. The van der Waals surface area contributed by atoms with E-state index in [1.54, 1.807) is 30.3 Å². The van der Waals surface area contributed by atoms with Crippen molar-refractivity contribution in [2.24, 2.45) is 0 Å². The molecule has 24 heavy (non-hydrogen) atoms. The SMILES string of the molecule is COCC(=O)Nc1ccc(NC(=O)/C=C/c2cccc(Br)c2)cc1. The van der Waals surface area contributed by atoms with Crippen LogP contribution in [0.25, 0.3) is 6.08 Å². The van der Waals surface area contributed by atoms with Crippen LogP contribution < -0.4 is 10.6 Å². The fourth-order valence-corrected chi connectivity index (χ4v) is 2.35. The van der Waals surface area contributed by atoms with Gasteiger partial charge in [-0.05, 0) is 48.0 Å². The van der Waals surface area contributed by atoms with Gasteiger partial charge in [-0.1, -0.05) is 28.1 Å². The van der Waals surface area contributed by atoms with Crippen LogP contribution in [0.15, 0.2) is 59.1 Å². The first-order valence-corrected chi connectivity index (χ1v) is 7.99. The van der Waals surface area contributed by atoms with E-state index in [1.165, 1.54) is 13.2 Å². The molecule has 0 fully saturated rings. The van der Waals surface area contributed by atoms with Crippen LogP contribution in [-0.2, 0) is 14.3 Å². The first kappa shape index (κ1) is 17.9. The van der Waals surface area contributed by atoms with E-state index in [0.717, 1.165) is 10.0 Å². The summed E-state index contributed by atoms with van der Waals surface area (Å²) in [5.74, 6) is -0.461. The van der Waals surface area contributed by atoms with E-state index in [9.17, 15) is 9.59 Å². The van der Waals surface area contributed by atoms with Gasteiger partial charge in [0.05, 0.1) is 0 Å². The van der Waals surface area contributed by atoms with Crippen molar-refractivity contribution >= 4 is 45.2 Å². The molecule has 2 aromatic carbocycles. The van der Waals surface area contributed by atoms with Gasteiger partial charge in [0.25, 0.3) is 0 Å². The number of amides is 2. The van der Waals surface area contributed by atoms with Crippen molar-refractivity contribution < 1.29 is 14.3 Å². The zero-order valence-corrected chi connectivity index (χ0v) is 14.7. The molecule has 6 heteroatoms. The number of rotatable bonds is 6. The molecule has 0 radical (unpaired) electrons. The van der Waals surface area contributed by atoms with Crippen molar-refractivity contribution in [2.45, 2.75) is 0 Å². The highest BCUT2D eigenvalue weighted by Crippen LogP contribution is 2.15. The maximum absolute atomic E-state index is 11.9. The number of carbonyl (C=O) groups is 2. The number of nitrogens with one attached hydrogen (secondary N) is 2. The Morgan fingerprint density at radius 2 is 1.75 bits per heavy atom. The average Bonchev–Trinajstić information content (AvgIpc) is 2.55. The summed E-state index contributed by atoms with van der Waals surface area (Å²) in [5, 5.41) is 5.44. The summed E-state index contributed by atoms with van der Waals surface area (Å²) < 4.78 is 5.70. The van der Waals surface area contributed by atoms with Crippen LogP contribution in [-0.4, -0.2) is 25.5 Å². The van der Waals surface area contributed by atoms with Gasteiger partial charge in [-0.15, -0.1) is 0 Å². The molecule has 124 valence electrons. The van der Waals surface area contributed by atoms with Gasteiger partial charge in [0, 0.05) is 29.0 Å². The van der Waals surface area contributed by atoms with Gasteiger partial charge < -0.3 is 15.4 Å². The second-order valence-corrected chi connectivity index (χ2v) is 5.85. The molecule has 0 spiro atoms. The normalized spacial score (nSPS) is 10.6. The van der Waals surface area contributed by atoms with E-state index in [1.807, 2.05) is 24.3 Å². The third-order valence-corrected chi connectivity index (χ3v) is 3.48. The van der Waals surface area contributed by atoms with Gasteiger partial charge in [0.15, 0.2) is 0 Å². The number of hydrogen-bond donors (Lipinski definition) is 2. The Morgan fingerprint density at radius 1 is 1.08 bits per heavy atom. The van der Waals surface area contributed by atoms with Crippen LogP contribution >= 0.6 is 15.9 Å². The minimum absolute atomic E-state index is 0.00111. The Bertz CT molecular complexity index is 742. The van der Waals surface area contributed by atoms with Gasteiger partial charge in [0.2, 0.25) is 11.8 Å². The Morgan fingerprint density at radius 3 is 2.38 bits per heavy atom. The first-order chi connectivity index (χ1) is 11.6. The van der Waals surface area contributed by atoms with Crippen molar-refractivity contribution in [1.29, 1.82) is 0 Å². The molecule has 0 aliphatic heterocycles. The lowest BCUT2D eigenvalue weighted by molar-refractivity contribution is -0.119. The van der Waals surface area contributed by atoms with Crippen LogP contribution in [0.2, 0.25) is 0 Å². The summed E-state index contributed by atoms with van der Waals surface area (Å²) >= 11 is 3.38. The van der Waals surface area contributed by atoms with E-state index >= 15 is 0 Å². The van der Waals surface area contributed by atoms with Gasteiger partial charge >= 0.3 is 0 Å². The van der Waals surface area contributed by atoms with Crippen molar-refractivity contribution in [3.05, 3.63) is 64.6 Å². The lowest BCUT2D eigenvalue weighted by atomic mass is 10.2. The standard InChI is InChI=1S/C18H17BrN2O3/c1-24-12-18(23)21-16-8-6-15(7-9-16)20-17(22)10-5-13-3-2-4-14(19)11-13/h2-11H,12H2,1H3,(H,20,22)(H,21,23)/b10-5+.